The van der Waals surface area contributed by atoms with Crippen LogP contribution < -0.4 is 11.1 Å². The minimum atomic E-state index is -0.604. The SMILES string of the molecule is CC(C)(CN)NC(=O)C1CC1c1ccc(F)cc1F.Cl. The predicted octanol–water partition coefficient (Wildman–Crippen LogP) is 2.34. The second kappa shape index (κ2) is 6.06. The fourth-order valence-corrected chi connectivity index (χ4v) is 2.11. The summed E-state index contributed by atoms with van der Waals surface area (Å²) in [4.78, 5) is 12.0. The van der Waals surface area contributed by atoms with Crippen LogP contribution in [0.5, 0.6) is 0 Å². The number of amides is 1. The number of rotatable bonds is 4. The molecule has 20 heavy (non-hydrogen) atoms. The summed E-state index contributed by atoms with van der Waals surface area (Å²) in [6, 6.07) is 3.48. The first-order valence-corrected chi connectivity index (χ1v) is 6.31. The first-order chi connectivity index (χ1) is 8.84. The van der Waals surface area contributed by atoms with Crippen LogP contribution in [0.3, 0.4) is 0 Å². The zero-order valence-corrected chi connectivity index (χ0v) is 12.3. The number of nitrogens with one attached hydrogen (secondary N) is 1. The smallest absolute Gasteiger partial charge is 0.224 e. The van der Waals surface area contributed by atoms with Gasteiger partial charge in [0.1, 0.15) is 11.6 Å². The highest BCUT2D eigenvalue weighted by Gasteiger charge is 2.46. The molecule has 1 aromatic carbocycles. The zero-order valence-electron chi connectivity index (χ0n) is 11.5. The normalized spacial score (nSPS) is 21.1. The van der Waals surface area contributed by atoms with E-state index in [4.69, 9.17) is 5.73 Å². The number of carbonyl (C=O) groups is 1. The summed E-state index contributed by atoms with van der Waals surface area (Å²) >= 11 is 0. The number of hydrogen-bond donors (Lipinski definition) is 2. The van der Waals surface area contributed by atoms with Gasteiger partial charge in [-0.2, -0.15) is 0 Å². The minimum absolute atomic E-state index is 0. The first kappa shape index (κ1) is 16.9. The first-order valence-electron chi connectivity index (χ1n) is 6.31. The fraction of sp³-hybridized carbons (Fsp3) is 0.500. The number of benzene rings is 1. The number of hydrogen-bond acceptors (Lipinski definition) is 2. The lowest BCUT2D eigenvalue weighted by Gasteiger charge is -2.24. The molecule has 2 unspecified atom stereocenters. The molecule has 1 aliphatic carbocycles. The Bertz CT molecular complexity index is 508. The van der Waals surface area contributed by atoms with E-state index in [1.54, 1.807) is 0 Å². The molecule has 112 valence electrons. The zero-order chi connectivity index (χ0) is 14.2. The standard InChI is InChI=1S/C14H18F2N2O.ClH/c1-14(2,7-17)18-13(19)11-6-10(11)9-4-3-8(15)5-12(9)16;/h3-5,10-11H,6-7,17H2,1-2H3,(H,18,19);1H. The lowest BCUT2D eigenvalue weighted by Crippen LogP contribution is -2.49. The van der Waals surface area contributed by atoms with E-state index in [0.29, 0.717) is 18.5 Å². The summed E-state index contributed by atoms with van der Waals surface area (Å²) in [5.74, 6) is -1.71. The van der Waals surface area contributed by atoms with Crippen molar-refractivity contribution in [1.29, 1.82) is 0 Å². The van der Waals surface area contributed by atoms with Gasteiger partial charge in [0.15, 0.2) is 0 Å². The minimum Gasteiger partial charge on any atom is -0.350 e. The number of halogens is 3. The number of nitrogens with two attached hydrogens (primary N) is 1. The Labute approximate surface area is 123 Å². The molecule has 0 bridgehead atoms. The molecule has 0 aliphatic heterocycles. The van der Waals surface area contributed by atoms with Crippen molar-refractivity contribution >= 4 is 18.3 Å². The molecule has 1 fully saturated rings. The van der Waals surface area contributed by atoms with Crippen LogP contribution >= 0.6 is 12.4 Å². The highest BCUT2D eigenvalue weighted by molar-refractivity contribution is 5.85. The van der Waals surface area contributed by atoms with Gasteiger partial charge < -0.3 is 11.1 Å². The summed E-state index contributed by atoms with van der Waals surface area (Å²) in [6.45, 7) is 4.00. The van der Waals surface area contributed by atoms with Gasteiger partial charge in [0.05, 0.1) is 0 Å². The largest absolute Gasteiger partial charge is 0.350 e. The van der Waals surface area contributed by atoms with Gasteiger partial charge in [-0.05, 0) is 37.8 Å². The molecule has 3 nitrogen and oxygen atoms in total. The van der Waals surface area contributed by atoms with Gasteiger partial charge in [0.2, 0.25) is 5.91 Å². The molecule has 1 aromatic rings. The van der Waals surface area contributed by atoms with Crippen molar-refractivity contribution in [3.63, 3.8) is 0 Å². The summed E-state index contributed by atoms with van der Waals surface area (Å²) in [5.41, 5.74) is 5.49. The lowest BCUT2D eigenvalue weighted by atomic mass is 10.0. The number of carbonyl (C=O) groups excluding carboxylic acids is 1. The van der Waals surface area contributed by atoms with Crippen LogP contribution in [0.4, 0.5) is 8.78 Å². The van der Waals surface area contributed by atoms with Crippen LogP contribution in [-0.2, 0) is 4.79 Å². The second-order valence-electron chi connectivity index (χ2n) is 5.69. The maximum Gasteiger partial charge on any atom is 0.224 e. The average molecular weight is 305 g/mol. The summed E-state index contributed by atoms with van der Waals surface area (Å²) < 4.78 is 26.4. The third kappa shape index (κ3) is 3.67. The highest BCUT2D eigenvalue weighted by atomic mass is 35.5. The van der Waals surface area contributed by atoms with E-state index in [9.17, 15) is 13.6 Å². The fourth-order valence-electron chi connectivity index (χ4n) is 2.11. The molecular weight excluding hydrogens is 286 g/mol. The van der Waals surface area contributed by atoms with Crippen molar-refractivity contribution in [3.05, 3.63) is 35.4 Å². The molecule has 1 amide bonds. The molecule has 0 spiro atoms. The van der Waals surface area contributed by atoms with Crippen molar-refractivity contribution < 1.29 is 13.6 Å². The van der Waals surface area contributed by atoms with Gasteiger partial charge in [0, 0.05) is 24.1 Å². The van der Waals surface area contributed by atoms with Crippen LogP contribution in [0.25, 0.3) is 0 Å². The van der Waals surface area contributed by atoms with E-state index in [-0.39, 0.29) is 30.2 Å². The Morgan fingerprint density at radius 3 is 2.65 bits per heavy atom. The Morgan fingerprint density at radius 1 is 1.45 bits per heavy atom. The second-order valence-corrected chi connectivity index (χ2v) is 5.69. The van der Waals surface area contributed by atoms with E-state index in [0.717, 1.165) is 6.07 Å². The average Bonchev–Trinajstić information content (AvgIpc) is 3.08. The predicted molar refractivity (Wildman–Crippen MR) is 75.7 cm³/mol. The Kier molecular flexibility index (Phi) is 5.10. The van der Waals surface area contributed by atoms with Crippen molar-refractivity contribution in [2.75, 3.05) is 6.54 Å². The van der Waals surface area contributed by atoms with Crippen LogP contribution in [0.15, 0.2) is 18.2 Å². The van der Waals surface area contributed by atoms with Crippen LogP contribution in [0.2, 0.25) is 0 Å². The molecule has 2 rings (SSSR count). The molecule has 0 radical (unpaired) electrons. The topological polar surface area (TPSA) is 55.1 Å². The van der Waals surface area contributed by atoms with Crippen molar-refractivity contribution in [2.24, 2.45) is 11.7 Å². The van der Waals surface area contributed by atoms with Gasteiger partial charge >= 0.3 is 0 Å². The maximum absolute atomic E-state index is 13.6. The third-order valence-electron chi connectivity index (χ3n) is 3.46. The quantitative estimate of drug-likeness (QED) is 0.897. The van der Waals surface area contributed by atoms with Crippen molar-refractivity contribution in [3.8, 4) is 0 Å². The van der Waals surface area contributed by atoms with Gasteiger partial charge in [-0.15, -0.1) is 12.4 Å². The summed E-state index contributed by atoms with van der Waals surface area (Å²) in [6.07, 6.45) is 0.592. The molecule has 0 heterocycles. The molecule has 1 saturated carbocycles. The monoisotopic (exact) mass is 304 g/mol. The lowest BCUT2D eigenvalue weighted by molar-refractivity contribution is -0.123. The van der Waals surface area contributed by atoms with Gasteiger partial charge in [-0.25, -0.2) is 8.78 Å². The summed E-state index contributed by atoms with van der Waals surface area (Å²) in [5, 5.41) is 2.84. The van der Waals surface area contributed by atoms with Crippen LogP contribution in [-0.4, -0.2) is 18.0 Å². The van der Waals surface area contributed by atoms with E-state index in [1.807, 2.05) is 13.8 Å². The van der Waals surface area contributed by atoms with E-state index < -0.39 is 17.2 Å². The van der Waals surface area contributed by atoms with Gasteiger partial charge in [-0.1, -0.05) is 6.07 Å². The van der Waals surface area contributed by atoms with Crippen LogP contribution in [0, 0.1) is 17.6 Å². The molecule has 2 atom stereocenters. The molecule has 0 aromatic heterocycles. The molecule has 0 saturated heterocycles. The van der Waals surface area contributed by atoms with Crippen molar-refractivity contribution in [2.45, 2.75) is 31.7 Å². The molecule has 1 aliphatic rings. The highest BCUT2D eigenvalue weighted by Crippen LogP contribution is 2.48. The van der Waals surface area contributed by atoms with Gasteiger partial charge in [0.25, 0.3) is 0 Å². The van der Waals surface area contributed by atoms with E-state index >= 15 is 0 Å². The summed E-state index contributed by atoms with van der Waals surface area (Å²) in [7, 11) is 0. The Balaban J connectivity index is 0.00000200. The third-order valence-corrected chi connectivity index (χ3v) is 3.46. The molecule has 3 N–H and O–H groups in total. The van der Waals surface area contributed by atoms with Gasteiger partial charge in [-0.3, -0.25) is 4.79 Å². The van der Waals surface area contributed by atoms with E-state index in [1.165, 1.54) is 12.1 Å². The molecule has 6 heteroatoms. The van der Waals surface area contributed by atoms with E-state index in [2.05, 4.69) is 5.32 Å². The Hall–Kier alpha value is -1.20. The van der Waals surface area contributed by atoms with Crippen LogP contribution in [0.1, 0.15) is 31.7 Å². The Morgan fingerprint density at radius 2 is 2.10 bits per heavy atom. The van der Waals surface area contributed by atoms with Crippen molar-refractivity contribution in [1.82, 2.24) is 5.32 Å². The molecular formula is C14H19ClF2N2O. The maximum atomic E-state index is 13.6.